The van der Waals surface area contributed by atoms with E-state index in [4.69, 9.17) is 11.6 Å². The van der Waals surface area contributed by atoms with Crippen LogP contribution in [0.3, 0.4) is 0 Å². The van der Waals surface area contributed by atoms with Crippen LogP contribution in [0.5, 0.6) is 0 Å². The molecule has 0 radical (unpaired) electrons. The molecular weight excluding hydrogens is 238 g/mol. The molecule has 1 aromatic heterocycles. The van der Waals surface area contributed by atoms with Crippen molar-refractivity contribution in [3.05, 3.63) is 46.3 Å². The smallest absolute Gasteiger partial charge is 0.0412 e. The van der Waals surface area contributed by atoms with Crippen LogP contribution in [0.15, 0.2) is 35.7 Å². The highest BCUT2D eigenvalue weighted by Gasteiger charge is 2.02. The van der Waals surface area contributed by atoms with Gasteiger partial charge in [0.1, 0.15) is 0 Å². The largest absolute Gasteiger partial charge is 0.319 e. The van der Waals surface area contributed by atoms with Crippen LogP contribution in [0.25, 0.3) is 10.4 Å². The molecule has 1 aromatic carbocycles. The van der Waals surface area contributed by atoms with Gasteiger partial charge in [0.25, 0.3) is 0 Å². The zero-order chi connectivity index (χ0) is 11.4. The second kappa shape index (κ2) is 5.48. The van der Waals surface area contributed by atoms with E-state index in [0.29, 0.717) is 0 Å². The second-order valence-corrected chi connectivity index (χ2v) is 5.03. The minimum Gasteiger partial charge on any atom is -0.319 e. The van der Waals surface area contributed by atoms with Crippen molar-refractivity contribution in [1.29, 1.82) is 0 Å². The molecule has 0 spiro atoms. The van der Waals surface area contributed by atoms with Crippen LogP contribution in [0, 0.1) is 0 Å². The first-order valence-electron chi connectivity index (χ1n) is 5.27. The molecule has 0 aliphatic carbocycles. The molecule has 3 heteroatoms. The average molecular weight is 252 g/mol. The fraction of sp³-hybridized carbons (Fsp3) is 0.231. The zero-order valence-corrected chi connectivity index (χ0v) is 10.7. The Morgan fingerprint density at radius 3 is 2.94 bits per heavy atom. The summed E-state index contributed by atoms with van der Waals surface area (Å²) in [4.78, 5) is 1.29. The van der Waals surface area contributed by atoms with Gasteiger partial charge in [-0.05, 0) is 54.7 Å². The Morgan fingerprint density at radius 2 is 2.19 bits per heavy atom. The highest BCUT2D eigenvalue weighted by Crippen LogP contribution is 2.29. The van der Waals surface area contributed by atoms with Gasteiger partial charge in [0.2, 0.25) is 0 Å². The van der Waals surface area contributed by atoms with Crippen LogP contribution in [0.2, 0.25) is 5.02 Å². The SMILES string of the molecule is CNCCc1csc(-c2cccc(Cl)c2)c1. The molecule has 1 N–H and O–H groups in total. The molecule has 0 saturated heterocycles. The van der Waals surface area contributed by atoms with Crippen LogP contribution in [-0.2, 0) is 6.42 Å². The number of hydrogen-bond acceptors (Lipinski definition) is 2. The predicted octanol–water partition coefficient (Wildman–Crippen LogP) is 3.83. The van der Waals surface area contributed by atoms with Gasteiger partial charge in [0, 0.05) is 9.90 Å². The standard InChI is InChI=1S/C13H14ClNS/c1-15-6-5-10-7-13(16-9-10)11-3-2-4-12(14)8-11/h2-4,7-9,15H,5-6H2,1H3. The van der Waals surface area contributed by atoms with Crippen LogP contribution in [0.4, 0.5) is 0 Å². The van der Waals surface area contributed by atoms with E-state index in [1.165, 1.54) is 16.0 Å². The van der Waals surface area contributed by atoms with Gasteiger partial charge in [-0.3, -0.25) is 0 Å². The summed E-state index contributed by atoms with van der Waals surface area (Å²) in [5.41, 5.74) is 2.59. The molecule has 2 rings (SSSR count). The van der Waals surface area contributed by atoms with Gasteiger partial charge in [-0.2, -0.15) is 0 Å². The number of hydrogen-bond donors (Lipinski definition) is 1. The first-order valence-corrected chi connectivity index (χ1v) is 6.53. The maximum Gasteiger partial charge on any atom is 0.0412 e. The number of benzene rings is 1. The van der Waals surface area contributed by atoms with Crippen molar-refractivity contribution in [1.82, 2.24) is 5.32 Å². The van der Waals surface area contributed by atoms with Gasteiger partial charge in [-0.1, -0.05) is 23.7 Å². The molecule has 0 bridgehead atoms. The lowest BCUT2D eigenvalue weighted by Crippen LogP contribution is -2.09. The Labute approximate surface area is 105 Å². The first-order chi connectivity index (χ1) is 7.79. The minimum atomic E-state index is 0.794. The normalized spacial score (nSPS) is 10.6. The third kappa shape index (κ3) is 2.85. The van der Waals surface area contributed by atoms with Gasteiger partial charge < -0.3 is 5.32 Å². The van der Waals surface area contributed by atoms with E-state index < -0.39 is 0 Å². The third-order valence-electron chi connectivity index (χ3n) is 2.43. The summed E-state index contributed by atoms with van der Waals surface area (Å²) in [7, 11) is 1.98. The monoisotopic (exact) mass is 251 g/mol. The summed E-state index contributed by atoms with van der Waals surface area (Å²) in [5, 5.41) is 6.17. The molecule has 0 saturated carbocycles. The van der Waals surface area contributed by atoms with E-state index in [1.807, 2.05) is 25.2 Å². The predicted molar refractivity (Wildman–Crippen MR) is 72.4 cm³/mol. The number of halogens is 1. The van der Waals surface area contributed by atoms with Crippen molar-refractivity contribution in [3.63, 3.8) is 0 Å². The van der Waals surface area contributed by atoms with Gasteiger partial charge in [0.05, 0.1) is 0 Å². The summed E-state index contributed by atoms with van der Waals surface area (Å²) in [5.74, 6) is 0. The maximum atomic E-state index is 5.98. The molecule has 0 fully saturated rings. The van der Waals surface area contributed by atoms with Gasteiger partial charge in [-0.15, -0.1) is 11.3 Å². The molecular formula is C13H14ClNS. The van der Waals surface area contributed by atoms with Crippen molar-refractivity contribution in [3.8, 4) is 10.4 Å². The quantitative estimate of drug-likeness (QED) is 0.871. The van der Waals surface area contributed by atoms with Crippen LogP contribution in [-0.4, -0.2) is 13.6 Å². The average Bonchev–Trinajstić information content (AvgIpc) is 2.75. The van der Waals surface area contributed by atoms with E-state index in [1.54, 1.807) is 11.3 Å². The van der Waals surface area contributed by atoms with Crippen LogP contribution in [0.1, 0.15) is 5.56 Å². The van der Waals surface area contributed by atoms with Crippen molar-refractivity contribution in [2.45, 2.75) is 6.42 Å². The molecule has 0 amide bonds. The number of likely N-dealkylation sites (N-methyl/N-ethyl adjacent to an activating group) is 1. The lowest BCUT2D eigenvalue weighted by atomic mass is 10.1. The van der Waals surface area contributed by atoms with E-state index in [-0.39, 0.29) is 0 Å². The maximum absolute atomic E-state index is 5.98. The van der Waals surface area contributed by atoms with Crippen LogP contribution < -0.4 is 5.32 Å². The molecule has 2 aromatic rings. The lowest BCUT2D eigenvalue weighted by molar-refractivity contribution is 0.793. The molecule has 0 atom stereocenters. The Morgan fingerprint density at radius 1 is 1.31 bits per heavy atom. The first kappa shape index (κ1) is 11.6. The Hall–Kier alpha value is -0.830. The highest BCUT2D eigenvalue weighted by atomic mass is 35.5. The van der Waals surface area contributed by atoms with Crippen molar-refractivity contribution in [2.24, 2.45) is 0 Å². The summed E-state index contributed by atoms with van der Waals surface area (Å²) in [6.45, 7) is 1.02. The fourth-order valence-corrected chi connectivity index (χ4v) is 2.71. The number of rotatable bonds is 4. The van der Waals surface area contributed by atoms with Crippen molar-refractivity contribution >= 4 is 22.9 Å². The van der Waals surface area contributed by atoms with Crippen molar-refractivity contribution < 1.29 is 0 Å². The number of thiophene rings is 1. The Kier molecular flexibility index (Phi) is 3.99. The Bertz CT molecular complexity index is 464. The van der Waals surface area contributed by atoms with E-state index in [2.05, 4.69) is 22.8 Å². The van der Waals surface area contributed by atoms with Crippen LogP contribution >= 0.6 is 22.9 Å². The molecule has 84 valence electrons. The highest BCUT2D eigenvalue weighted by molar-refractivity contribution is 7.13. The summed E-state index contributed by atoms with van der Waals surface area (Å²) in [6.07, 6.45) is 1.08. The molecule has 16 heavy (non-hydrogen) atoms. The summed E-state index contributed by atoms with van der Waals surface area (Å²) >= 11 is 7.76. The summed E-state index contributed by atoms with van der Waals surface area (Å²) < 4.78 is 0. The lowest BCUT2D eigenvalue weighted by Gasteiger charge is -1.97. The molecule has 1 heterocycles. The van der Waals surface area contributed by atoms with Gasteiger partial charge in [0.15, 0.2) is 0 Å². The second-order valence-electron chi connectivity index (χ2n) is 3.68. The van der Waals surface area contributed by atoms with E-state index >= 15 is 0 Å². The van der Waals surface area contributed by atoms with Gasteiger partial charge >= 0.3 is 0 Å². The van der Waals surface area contributed by atoms with Crippen molar-refractivity contribution in [2.75, 3.05) is 13.6 Å². The topological polar surface area (TPSA) is 12.0 Å². The zero-order valence-electron chi connectivity index (χ0n) is 9.16. The molecule has 1 nitrogen and oxygen atoms in total. The molecule has 0 aliphatic heterocycles. The van der Waals surface area contributed by atoms with E-state index in [9.17, 15) is 0 Å². The van der Waals surface area contributed by atoms with Gasteiger partial charge in [-0.25, -0.2) is 0 Å². The Balaban J connectivity index is 2.18. The minimum absolute atomic E-state index is 0.794. The molecule has 0 aliphatic rings. The van der Waals surface area contributed by atoms with E-state index in [0.717, 1.165) is 18.0 Å². The fourth-order valence-electron chi connectivity index (χ4n) is 1.57. The number of nitrogens with one attached hydrogen (secondary N) is 1. The third-order valence-corrected chi connectivity index (χ3v) is 3.69. The molecule has 0 unspecified atom stereocenters. The summed E-state index contributed by atoms with van der Waals surface area (Å²) in [6, 6.07) is 10.2.